The molecular formula is C19H26N2O4. The van der Waals surface area contributed by atoms with Gasteiger partial charge in [-0.1, -0.05) is 0 Å². The first-order chi connectivity index (χ1) is 11.8. The van der Waals surface area contributed by atoms with Crippen molar-refractivity contribution in [3.63, 3.8) is 0 Å². The zero-order chi connectivity index (χ0) is 18.7. The average molecular weight is 346 g/mol. The van der Waals surface area contributed by atoms with Crippen LogP contribution < -0.4 is 0 Å². The van der Waals surface area contributed by atoms with Gasteiger partial charge in [-0.15, -0.1) is 0 Å². The molecule has 0 bridgehead atoms. The first kappa shape index (κ1) is 18.8. The van der Waals surface area contributed by atoms with Gasteiger partial charge in [0.25, 0.3) is 0 Å². The van der Waals surface area contributed by atoms with Crippen LogP contribution in [-0.4, -0.2) is 35.1 Å². The van der Waals surface area contributed by atoms with Crippen LogP contribution >= 0.6 is 0 Å². The van der Waals surface area contributed by atoms with E-state index in [1.165, 1.54) is 0 Å². The van der Waals surface area contributed by atoms with Crippen LogP contribution in [0.25, 0.3) is 0 Å². The lowest BCUT2D eigenvalue weighted by atomic mass is 10.0. The van der Waals surface area contributed by atoms with Crippen molar-refractivity contribution in [1.82, 2.24) is 9.97 Å². The second-order valence-electron chi connectivity index (χ2n) is 6.07. The van der Waals surface area contributed by atoms with E-state index in [0.29, 0.717) is 31.0 Å². The number of hydrogen-bond acceptors (Lipinski definition) is 4. The Morgan fingerprint density at radius 3 is 1.84 bits per heavy atom. The fourth-order valence-corrected chi connectivity index (χ4v) is 2.97. The summed E-state index contributed by atoms with van der Waals surface area (Å²) >= 11 is 0. The predicted molar refractivity (Wildman–Crippen MR) is 95.3 cm³/mol. The van der Waals surface area contributed by atoms with Gasteiger partial charge in [-0.3, -0.25) is 0 Å². The van der Waals surface area contributed by atoms with Crippen molar-refractivity contribution in [2.24, 2.45) is 0 Å². The Morgan fingerprint density at radius 2 is 1.32 bits per heavy atom. The molecule has 0 amide bonds. The van der Waals surface area contributed by atoms with E-state index >= 15 is 0 Å². The number of carbonyl (C=O) groups excluding carboxylic acids is 2. The molecule has 0 aliphatic heterocycles. The van der Waals surface area contributed by atoms with Gasteiger partial charge in [0.1, 0.15) is 11.4 Å². The standard InChI is InChI=1S/C19H26N2O4/c1-7-24-18(22)16-11(4)10(3)15(21-16)9-14-12(5)17(20-13(14)6)19(23)25-8-2/h20-21H,7-9H2,1-6H3. The molecule has 2 aromatic rings. The molecular weight excluding hydrogens is 320 g/mol. The largest absolute Gasteiger partial charge is 0.461 e. The Balaban J connectivity index is 2.36. The number of aromatic amines is 2. The van der Waals surface area contributed by atoms with Crippen LogP contribution in [0.5, 0.6) is 0 Å². The van der Waals surface area contributed by atoms with E-state index in [1.54, 1.807) is 13.8 Å². The maximum absolute atomic E-state index is 12.1. The Labute approximate surface area is 147 Å². The number of H-pyrrole nitrogens is 2. The lowest BCUT2D eigenvalue weighted by Gasteiger charge is -2.04. The maximum atomic E-state index is 12.1. The molecule has 25 heavy (non-hydrogen) atoms. The van der Waals surface area contributed by atoms with Gasteiger partial charge in [0.2, 0.25) is 0 Å². The monoisotopic (exact) mass is 346 g/mol. The first-order valence-corrected chi connectivity index (χ1v) is 8.52. The maximum Gasteiger partial charge on any atom is 0.355 e. The van der Waals surface area contributed by atoms with E-state index in [2.05, 4.69) is 9.97 Å². The molecule has 2 aromatic heterocycles. The SMILES string of the molecule is CCOC(=O)c1[nH]c(Cc2c(C)[nH]c(C(=O)OCC)c2C)c(C)c1C. The number of esters is 2. The number of aromatic nitrogens is 2. The van der Waals surface area contributed by atoms with Crippen molar-refractivity contribution in [2.75, 3.05) is 13.2 Å². The lowest BCUT2D eigenvalue weighted by molar-refractivity contribution is 0.0510. The third-order valence-corrected chi connectivity index (χ3v) is 4.57. The van der Waals surface area contributed by atoms with Crippen LogP contribution in [0.3, 0.4) is 0 Å². The molecule has 0 saturated heterocycles. The number of hydrogen-bond donors (Lipinski definition) is 2. The molecule has 6 heteroatoms. The molecule has 0 aliphatic carbocycles. The number of rotatable bonds is 6. The van der Waals surface area contributed by atoms with Crippen LogP contribution in [0.1, 0.15) is 68.5 Å². The highest BCUT2D eigenvalue weighted by Gasteiger charge is 2.22. The van der Waals surface area contributed by atoms with Crippen LogP contribution in [0.4, 0.5) is 0 Å². The molecule has 2 heterocycles. The van der Waals surface area contributed by atoms with Gasteiger partial charge in [-0.05, 0) is 63.8 Å². The van der Waals surface area contributed by atoms with E-state index in [1.807, 2.05) is 27.7 Å². The van der Waals surface area contributed by atoms with E-state index < -0.39 is 0 Å². The third kappa shape index (κ3) is 3.62. The van der Waals surface area contributed by atoms with Crippen molar-refractivity contribution in [2.45, 2.75) is 48.0 Å². The van der Waals surface area contributed by atoms with E-state index in [4.69, 9.17) is 9.47 Å². The summed E-state index contributed by atoms with van der Waals surface area (Å²) in [4.78, 5) is 30.4. The van der Waals surface area contributed by atoms with Gasteiger partial charge < -0.3 is 19.4 Å². The second-order valence-corrected chi connectivity index (χ2v) is 6.07. The third-order valence-electron chi connectivity index (χ3n) is 4.57. The van der Waals surface area contributed by atoms with Crippen molar-refractivity contribution >= 4 is 11.9 Å². The molecule has 0 radical (unpaired) electrons. The molecule has 0 unspecified atom stereocenters. The van der Waals surface area contributed by atoms with Crippen LogP contribution in [0, 0.1) is 27.7 Å². The summed E-state index contributed by atoms with van der Waals surface area (Å²) < 4.78 is 10.2. The molecule has 0 spiro atoms. The lowest BCUT2D eigenvalue weighted by Crippen LogP contribution is -2.07. The molecule has 2 rings (SSSR count). The van der Waals surface area contributed by atoms with Crippen molar-refractivity contribution < 1.29 is 19.1 Å². The summed E-state index contributed by atoms with van der Waals surface area (Å²) in [6.45, 7) is 12.0. The topological polar surface area (TPSA) is 84.2 Å². The average Bonchev–Trinajstić information content (AvgIpc) is 3.00. The van der Waals surface area contributed by atoms with Gasteiger partial charge in [-0.2, -0.15) is 0 Å². The van der Waals surface area contributed by atoms with Gasteiger partial charge in [0, 0.05) is 17.8 Å². The van der Waals surface area contributed by atoms with E-state index in [0.717, 1.165) is 33.6 Å². The van der Waals surface area contributed by atoms with E-state index in [-0.39, 0.29) is 11.9 Å². The summed E-state index contributed by atoms with van der Waals surface area (Å²) in [6, 6.07) is 0. The minimum absolute atomic E-state index is 0.337. The molecule has 0 atom stereocenters. The number of ether oxygens (including phenoxy) is 2. The minimum Gasteiger partial charge on any atom is -0.461 e. The highest BCUT2D eigenvalue weighted by Crippen LogP contribution is 2.26. The Kier molecular flexibility index (Phi) is 5.72. The van der Waals surface area contributed by atoms with Crippen LogP contribution in [0.2, 0.25) is 0 Å². The van der Waals surface area contributed by atoms with Crippen LogP contribution in [-0.2, 0) is 15.9 Å². The fraction of sp³-hybridized carbons (Fsp3) is 0.474. The summed E-state index contributed by atoms with van der Waals surface area (Å²) in [5.74, 6) is -0.690. The predicted octanol–water partition coefficient (Wildman–Crippen LogP) is 3.52. The van der Waals surface area contributed by atoms with Gasteiger partial charge in [-0.25, -0.2) is 9.59 Å². The molecule has 0 saturated carbocycles. The second kappa shape index (κ2) is 7.59. The fourth-order valence-electron chi connectivity index (χ4n) is 2.97. The molecule has 2 N–H and O–H groups in total. The molecule has 0 aliphatic rings. The molecule has 136 valence electrons. The highest BCUT2D eigenvalue weighted by molar-refractivity contribution is 5.90. The summed E-state index contributed by atoms with van der Waals surface area (Å²) in [6.07, 6.45) is 0.597. The highest BCUT2D eigenvalue weighted by atomic mass is 16.5. The number of aryl methyl sites for hydroxylation is 1. The molecule has 6 nitrogen and oxygen atoms in total. The van der Waals surface area contributed by atoms with Gasteiger partial charge in [0.15, 0.2) is 0 Å². The summed E-state index contributed by atoms with van der Waals surface area (Å²) in [5.41, 5.74) is 6.67. The normalized spacial score (nSPS) is 10.8. The first-order valence-electron chi connectivity index (χ1n) is 8.52. The number of carbonyl (C=O) groups is 2. The summed E-state index contributed by atoms with van der Waals surface area (Å²) in [7, 11) is 0. The quantitative estimate of drug-likeness (QED) is 0.784. The van der Waals surface area contributed by atoms with Crippen LogP contribution in [0.15, 0.2) is 0 Å². The van der Waals surface area contributed by atoms with Gasteiger partial charge >= 0.3 is 11.9 Å². The Morgan fingerprint density at radius 1 is 0.800 bits per heavy atom. The zero-order valence-electron chi connectivity index (χ0n) is 15.8. The van der Waals surface area contributed by atoms with Gasteiger partial charge in [0.05, 0.1) is 13.2 Å². The summed E-state index contributed by atoms with van der Waals surface area (Å²) in [5, 5.41) is 0. The Bertz CT molecular complexity index is 799. The minimum atomic E-state index is -0.346. The zero-order valence-corrected chi connectivity index (χ0v) is 15.8. The van der Waals surface area contributed by atoms with E-state index in [9.17, 15) is 9.59 Å². The smallest absolute Gasteiger partial charge is 0.355 e. The molecule has 0 aromatic carbocycles. The van der Waals surface area contributed by atoms with Crippen molar-refractivity contribution in [1.29, 1.82) is 0 Å². The Hall–Kier alpha value is -2.50. The van der Waals surface area contributed by atoms with Crippen molar-refractivity contribution in [3.05, 3.63) is 45.0 Å². The van der Waals surface area contributed by atoms with Crippen molar-refractivity contribution in [3.8, 4) is 0 Å². The number of nitrogens with one attached hydrogen (secondary N) is 2. The molecule has 0 fully saturated rings.